The minimum Gasteiger partial charge on any atom is -0.383 e. The van der Waals surface area contributed by atoms with Gasteiger partial charge in [-0.15, -0.1) is 0 Å². The number of imidazole rings is 1. The van der Waals surface area contributed by atoms with Crippen LogP contribution in [0, 0.1) is 11.3 Å². The van der Waals surface area contributed by atoms with Gasteiger partial charge in [0.1, 0.15) is 11.5 Å². The fourth-order valence-corrected chi connectivity index (χ4v) is 2.24. The van der Waals surface area contributed by atoms with Crippen LogP contribution in [-0.4, -0.2) is 9.38 Å². The lowest BCUT2D eigenvalue weighted by molar-refractivity contribution is 1.20. The Morgan fingerprint density at radius 2 is 2.00 bits per heavy atom. The van der Waals surface area contributed by atoms with Crippen LogP contribution in [0.2, 0.25) is 5.02 Å². The Morgan fingerprint density at radius 3 is 2.74 bits per heavy atom. The summed E-state index contributed by atoms with van der Waals surface area (Å²) in [6.07, 6.45) is 1.79. The predicted octanol–water partition coefficient (Wildman–Crippen LogP) is 3.11. The molecule has 0 saturated carbocycles. The molecule has 5 heteroatoms. The molecule has 0 aliphatic rings. The summed E-state index contributed by atoms with van der Waals surface area (Å²) in [6.45, 7) is 0. The minimum absolute atomic E-state index is 0.472. The van der Waals surface area contributed by atoms with E-state index in [1.54, 1.807) is 34.9 Å². The summed E-state index contributed by atoms with van der Waals surface area (Å²) in [7, 11) is 0. The van der Waals surface area contributed by atoms with Gasteiger partial charge in [-0.05, 0) is 18.2 Å². The van der Waals surface area contributed by atoms with Crippen molar-refractivity contribution in [3.63, 3.8) is 0 Å². The number of pyridine rings is 1. The third-order valence-electron chi connectivity index (χ3n) is 2.94. The molecule has 0 spiro atoms. The van der Waals surface area contributed by atoms with Crippen LogP contribution in [0.3, 0.4) is 0 Å². The monoisotopic (exact) mass is 268 g/mol. The van der Waals surface area contributed by atoms with Crippen molar-refractivity contribution < 1.29 is 0 Å². The standard InChI is InChI=1S/C14H9ClN4/c15-11-6-3-7-19-13(17)12(18-14(11)19)10-5-2-1-4-9(10)8-16/h1-7H,17H2. The van der Waals surface area contributed by atoms with Crippen molar-refractivity contribution in [3.05, 3.63) is 53.2 Å². The SMILES string of the molecule is N#Cc1ccccc1-c1nc2c(Cl)cccn2c1N. The van der Waals surface area contributed by atoms with Gasteiger partial charge in [0.15, 0.2) is 5.65 Å². The highest BCUT2D eigenvalue weighted by Crippen LogP contribution is 2.30. The number of rotatable bonds is 1. The third kappa shape index (κ3) is 1.72. The van der Waals surface area contributed by atoms with Gasteiger partial charge in [-0.1, -0.05) is 29.8 Å². The van der Waals surface area contributed by atoms with Gasteiger partial charge in [0.2, 0.25) is 0 Å². The van der Waals surface area contributed by atoms with Crippen LogP contribution < -0.4 is 5.73 Å². The van der Waals surface area contributed by atoms with Gasteiger partial charge in [0, 0.05) is 11.8 Å². The van der Waals surface area contributed by atoms with E-state index in [2.05, 4.69) is 11.1 Å². The highest BCUT2D eigenvalue weighted by atomic mass is 35.5. The van der Waals surface area contributed by atoms with Crippen molar-refractivity contribution in [1.82, 2.24) is 9.38 Å². The molecule has 0 bridgehead atoms. The maximum absolute atomic E-state index is 9.15. The van der Waals surface area contributed by atoms with Crippen LogP contribution in [0.15, 0.2) is 42.6 Å². The Kier molecular flexibility index (Phi) is 2.62. The molecule has 19 heavy (non-hydrogen) atoms. The van der Waals surface area contributed by atoms with Gasteiger partial charge in [-0.25, -0.2) is 4.98 Å². The fourth-order valence-electron chi connectivity index (χ4n) is 2.04. The number of anilines is 1. The Bertz CT molecular complexity index is 814. The van der Waals surface area contributed by atoms with E-state index >= 15 is 0 Å². The van der Waals surface area contributed by atoms with E-state index < -0.39 is 0 Å². The first-order valence-corrected chi connectivity index (χ1v) is 6.01. The van der Waals surface area contributed by atoms with E-state index in [0.29, 0.717) is 33.3 Å². The van der Waals surface area contributed by atoms with E-state index in [1.165, 1.54) is 0 Å². The topological polar surface area (TPSA) is 67.1 Å². The molecular weight excluding hydrogens is 260 g/mol. The Balaban J connectivity index is 2.35. The molecule has 1 aromatic carbocycles. The number of benzene rings is 1. The Labute approximate surface area is 114 Å². The molecule has 0 amide bonds. The first kappa shape index (κ1) is 11.6. The van der Waals surface area contributed by atoms with Crippen LogP contribution >= 0.6 is 11.6 Å². The van der Waals surface area contributed by atoms with Crippen LogP contribution in [0.25, 0.3) is 16.9 Å². The zero-order valence-electron chi connectivity index (χ0n) is 9.84. The number of nitrogens with two attached hydrogens (primary N) is 1. The second kappa shape index (κ2) is 4.30. The third-order valence-corrected chi connectivity index (χ3v) is 3.24. The van der Waals surface area contributed by atoms with Crippen molar-refractivity contribution in [2.75, 3.05) is 5.73 Å². The molecule has 0 saturated heterocycles. The number of halogens is 1. The maximum atomic E-state index is 9.15. The molecular formula is C14H9ClN4. The minimum atomic E-state index is 0.472. The number of nitrogen functional groups attached to an aromatic ring is 1. The van der Waals surface area contributed by atoms with Gasteiger partial charge >= 0.3 is 0 Å². The molecule has 3 aromatic rings. The van der Waals surface area contributed by atoms with Crippen molar-refractivity contribution >= 4 is 23.1 Å². The number of nitriles is 1. The zero-order chi connectivity index (χ0) is 13.4. The van der Waals surface area contributed by atoms with Gasteiger partial charge in [0.05, 0.1) is 16.7 Å². The number of aromatic nitrogens is 2. The van der Waals surface area contributed by atoms with Crippen molar-refractivity contribution in [1.29, 1.82) is 5.26 Å². The second-order valence-corrected chi connectivity index (χ2v) is 4.46. The van der Waals surface area contributed by atoms with Gasteiger partial charge in [0.25, 0.3) is 0 Å². The van der Waals surface area contributed by atoms with E-state index in [4.69, 9.17) is 22.6 Å². The summed E-state index contributed by atoms with van der Waals surface area (Å²) in [6, 6.07) is 12.9. The Hall–Kier alpha value is -2.51. The summed E-state index contributed by atoms with van der Waals surface area (Å²) in [5.74, 6) is 0.472. The molecule has 3 rings (SSSR count). The van der Waals surface area contributed by atoms with Crippen LogP contribution in [-0.2, 0) is 0 Å². The van der Waals surface area contributed by atoms with E-state index in [1.807, 2.05) is 12.1 Å². The number of nitrogens with zero attached hydrogens (tertiary/aromatic N) is 3. The molecule has 2 N–H and O–H groups in total. The highest BCUT2D eigenvalue weighted by Gasteiger charge is 2.15. The maximum Gasteiger partial charge on any atom is 0.157 e. The molecule has 4 nitrogen and oxygen atoms in total. The predicted molar refractivity (Wildman–Crippen MR) is 74.8 cm³/mol. The molecule has 0 radical (unpaired) electrons. The normalized spacial score (nSPS) is 10.5. The first-order valence-electron chi connectivity index (χ1n) is 5.64. The van der Waals surface area contributed by atoms with Crippen molar-refractivity contribution in [2.45, 2.75) is 0 Å². The van der Waals surface area contributed by atoms with E-state index in [0.717, 1.165) is 0 Å². The lowest BCUT2D eigenvalue weighted by atomic mass is 10.1. The van der Waals surface area contributed by atoms with Crippen LogP contribution in [0.4, 0.5) is 5.82 Å². The summed E-state index contributed by atoms with van der Waals surface area (Å²) >= 11 is 6.10. The quantitative estimate of drug-likeness (QED) is 0.737. The molecule has 0 aliphatic heterocycles. The number of hydrogen-bond acceptors (Lipinski definition) is 3. The molecule has 0 fully saturated rings. The Morgan fingerprint density at radius 1 is 1.21 bits per heavy atom. The van der Waals surface area contributed by atoms with E-state index in [9.17, 15) is 0 Å². The molecule has 2 heterocycles. The first-order chi connectivity index (χ1) is 9.22. The van der Waals surface area contributed by atoms with Crippen LogP contribution in [0.1, 0.15) is 5.56 Å². The zero-order valence-corrected chi connectivity index (χ0v) is 10.6. The largest absolute Gasteiger partial charge is 0.383 e. The van der Waals surface area contributed by atoms with Gasteiger partial charge in [-0.2, -0.15) is 5.26 Å². The summed E-state index contributed by atoms with van der Waals surface area (Å²) in [5, 5.41) is 9.67. The molecule has 0 aliphatic carbocycles. The highest BCUT2D eigenvalue weighted by molar-refractivity contribution is 6.33. The van der Waals surface area contributed by atoms with Crippen LogP contribution in [0.5, 0.6) is 0 Å². The lowest BCUT2D eigenvalue weighted by Gasteiger charge is -2.01. The van der Waals surface area contributed by atoms with Crippen molar-refractivity contribution in [2.24, 2.45) is 0 Å². The lowest BCUT2D eigenvalue weighted by Crippen LogP contribution is -1.94. The molecule has 2 aromatic heterocycles. The van der Waals surface area contributed by atoms with E-state index in [-0.39, 0.29) is 0 Å². The smallest absolute Gasteiger partial charge is 0.157 e. The molecule has 92 valence electrons. The summed E-state index contributed by atoms with van der Waals surface area (Å²) < 4.78 is 1.71. The van der Waals surface area contributed by atoms with Crippen molar-refractivity contribution in [3.8, 4) is 17.3 Å². The average molecular weight is 269 g/mol. The van der Waals surface area contributed by atoms with Gasteiger partial charge in [-0.3, -0.25) is 4.40 Å². The average Bonchev–Trinajstić information content (AvgIpc) is 2.78. The number of fused-ring (bicyclic) bond motifs is 1. The number of hydrogen-bond donors (Lipinski definition) is 1. The summed E-state index contributed by atoms with van der Waals surface area (Å²) in [4.78, 5) is 4.45. The molecule has 0 atom stereocenters. The fraction of sp³-hybridized carbons (Fsp3) is 0. The molecule has 0 unspecified atom stereocenters. The second-order valence-electron chi connectivity index (χ2n) is 4.05. The summed E-state index contributed by atoms with van der Waals surface area (Å²) in [5.41, 5.74) is 8.50. The van der Waals surface area contributed by atoms with Gasteiger partial charge < -0.3 is 5.73 Å².